The van der Waals surface area contributed by atoms with Crippen molar-refractivity contribution >= 4 is 28.3 Å². The molecule has 1 fully saturated rings. The number of nitrogens with zero attached hydrogens (tertiary/aromatic N) is 2. The fraction of sp³-hybridized carbons (Fsp3) is 0.280. The molecule has 170 valence electrons. The molecule has 2 aliphatic rings. The molecule has 0 saturated carbocycles. The summed E-state index contributed by atoms with van der Waals surface area (Å²) in [6, 6.07) is 16.4. The second-order valence-electron chi connectivity index (χ2n) is 8.67. The van der Waals surface area contributed by atoms with Crippen LogP contribution in [0.2, 0.25) is 0 Å². The van der Waals surface area contributed by atoms with Gasteiger partial charge in [-0.2, -0.15) is 0 Å². The molecule has 33 heavy (non-hydrogen) atoms. The highest BCUT2D eigenvalue weighted by Gasteiger charge is 2.49. The van der Waals surface area contributed by atoms with Crippen LogP contribution in [0.3, 0.4) is 0 Å². The molecule has 1 saturated heterocycles. The first-order valence-corrected chi connectivity index (χ1v) is 10.6. The van der Waals surface area contributed by atoms with Gasteiger partial charge in [0.05, 0.1) is 13.1 Å². The summed E-state index contributed by atoms with van der Waals surface area (Å²) >= 11 is 0. The van der Waals surface area contributed by atoms with Gasteiger partial charge in [-0.3, -0.25) is 4.79 Å². The fourth-order valence-electron chi connectivity index (χ4n) is 4.95. The Bertz CT molecular complexity index is 1250. The third kappa shape index (κ3) is 3.79. The van der Waals surface area contributed by atoms with Crippen molar-refractivity contribution in [2.45, 2.75) is 30.8 Å². The van der Waals surface area contributed by atoms with Crippen LogP contribution in [0.1, 0.15) is 23.5 Å². The molecule has 2 heterocycles. The summed E-state index contributed by atoms with van der Waals surface area (Å²) in [6.45, 7) is -1.11. The number of carbonyl (C=O) groups excluding carboxylic acids is 1. The number of hydrogen-bond acceptors (Lipinski definition) is 3. The van der Waals surface area contributed by atoms with Gasteiger partial charge >= 0.3 is 5.97 Å². The first-order chi connectivity index (χ1) is 15.7. The molecular formula is C25H21F3N2O3. The van der Waals surface area contributed by atoms with Crippen molar-refractivity contribution in [2.75, 3.05) is 18.0 Å². The van der Waals surface area contributed by atoms with Crippen molar-refractivity contribution in [3.8, 4) is 0 Å². The lowest BCUT2D eigenvalue weighted by Crippen LogP contribution is -2.58. The van der Waals surface area contributed by atoms with Crippen LogP contribution < -0.4 is 4.90 Å². The van der Waals surface area contributed by atoms with Crippen LogP contribution in [0.15, 0.2) is 60.7 Å². The minimum Gasteiger partial charge on any atom is -0.480 e. The zero-order valence-electron chi connectivity index (χ0n) is 17.5. The maximum atomic E-state index is 14.1. The fourth-order valence-corrected chi connectivity index (χ4v) is 4.95. The number of halogens is 3. The van der Waals surface area contributed by atoms with Gasteiger partial charge in [0.1, 0.15) is 11.9 Å². The van der Waals surface area contributed by atoms with E-state index in [2.05, 4.69) is 0 Å². The second kappa shape index (κ2) is 7.79. The molecule has 8 heteroatoms. The zero-order valence-corrected chi connectivity index (χ0v) is 17.5. The molecule has 0 radical (unpaired) electrons. The van der Waals surface area contributed by atoms with Crippen LogP contribution in [-0.2, 0) is 16.1 Å². The number of carbonyl (C=O) groups is 2. The van der Waals surface area contributed by atoms with Gasteiger partial charge in [0.15, 0.2) is 0 Å². The predicted octanol–water partition coefficient (Wildman–Crippen LogP) is 4.40. The van der Waals surface area contributed by atoms with E-state index in [0.717, 1.165) is 21.2 Å². The van der Waals surface area contributed by atoms with Gasteiger partial charge in [0, 0.05) is 24.6 Å². The lowest BCUT2D eigenvalue weighted by atomic mass is 9.90. The highest BCUT2D eigenvalue weighted by Crippen LogP contribution is 2.45. The van der Waals surface area contributed by atoms with E-state index < -0.39 is 48.7 Å². The van der Waals surface area contributed by atoms with E-state index >= 15 is 0 Å². The van der Waals surface area contributed by atoms with Gasteiger partial charge in [-0.1, -0.05) is 42.5 Å². The summed E-state index contributed by atoms with van der Waals surface area (Å²) in [5.74, 6) is -6.03. The molecule has 5 nitrogen and oxygen atoms in total. The van der Waals surface area contributed by atoms with Crippen molar-refractivity contribution in [2.24, 2.45) is 0 Å². The molecule has 1 N–H and O–H groups in total. The number of anilines is 1. The molecular weight excluding hydrogens is 433 g/mol. The topological polar surface area (TPSA) is 60.9 Å². The number of carboxylic acid groups (broad SMARTS) is 1. The Morgan fingerprint density at radius 3 is 2.48 bits per heavy atom. The van der Waals surface area contributed by atoms with Crippen LogP contribution in [0, 0.1) is 5.82 Å². The largest absolute Gasteiger partial charge is 0.480 e. The highest BCUT2D eigenvalue weighted by molar-refractivity contribution is 5.89. The van der Waals surface area contributed by atoms with Crippen LogP contribution >= 0.6 is 0 Å². The van der Waals surface area contributed by atoms with Crippen molar-refractivity contribution < 1.29 is 27.9 Å². The standard InChI is InChI=1S/C25H21F3N2O3/c26-17-8-9-21-19(10-17)20(11-22(31)29-13-25(27,28)14-29)23(24(32)33)30(21)12-16-6-3-5-15-4-1-2-7-18(15)16/h1-10,20,23H,11-14H2,(H,32,33). The van der Waals surface area contributed by atoms with E-state index in [1.165, 1.54) is 18.2 Å². The molecule has 5 rings (SSSR count). The van der Waals surface area contributed by atoms with E-state index in [-0.39, 0.29) is 13.0 Å². The van der Waals surface area contributed by atoms with E-state index in [0.29, 0.717) is 11.3 Å². The number of amides is 1. The Balaban J connectivity index is 1.51. The summed E-state index contributed by atoms with van der Waals surface area (Å²) in [5.41, 5.74) is 1.83. The molecule has 1 amide bonds. The first-order valence-electron chi connectivity index (χ1n) is 10.6. The number of rotatable bonds is 5. The molecule has 2 aliphatic heterocycles. The van der Waals surface area contributed by atoms with E-state index in [4.69, 9.17) is 0 Å². The maximum absolute atomic E-state index is 14.1. The van der Waals surface area contributed by atoms with Crippen LogP contribution in [0.4, 0.5) is 18.9 Å². The number of alkyl halides is 2. The minimum atomic E-state index is -2.91. The van der Waals surface area contributed by atoms with E-state index in [1.807, 2.05) is 42.5 Å². The quantitative estimate of drug-likeness (QED) is 0.621. The Morgan fingerprint density at radius 2 is 1.76 bits per heavy atom. The Labute approximate surface area is 188 Å². The van der Waals surface area contributed by atoms with Gasteiger partial charge in [0.2, 0.25) is 5.91 Å². The second-order valence-corrected chi connectivity index (χ2v) is 8.67. The van der Waals surface area contributed by atoms with Crippen molar-refractivity contribution in [1.29, 1.82) is 0 Å². The SMILES string of the molecule is O=C(O)C1C(CC(=O)N2CC(F)(F)C2)c2cc(F)ccc2N1Cc1cccc2ccccc12. The van der Waals surface area contributed by atoms with Gasteiger partial charge in [-0.05, 0) is 40.1 Å². The van der Waals surface area contributed by atoms with Gasteiger partial charge in [0.25, 0.3) is 5.92 Å². The number of likely N-dealkylation sites (tertiary alicyclic amines) is 1. The number of hydrogen-bond donors (Lipinski definition) is 1. The smallest absolute Gasteiger partial charge is 0.327 e. The summed E-state index contributed by atoms with van der Waals surface area (Å²) in [5, 5.41) is 12.1. The zero-order chi connectivity index (χ0) is 23.3. The molecule has 0 spiro atoms. The van der Waals surface area contributed by atoms with Crippen molar-refractivity contribution in [1.82, 2.24) is 4.90 Å². The summed E-state index contributed by atoms with van der Waals surface area (Å²) < 4.78 is 40.6. The van der Waals surface area contributed by atoms with Crippen LogP contribution in [-0.4, -0.2) is 46.9 Å². The normalized spacial score (nSPS) is 21.1. The van der Waals surface area contributed by atoms with E-state index in [1.54, 1.807) is 4.90 Å². The van der Waals surface area contributed by atoms with Crippen molar-refractivity contribution in [3.05, 3.63) is 77.6 Å². The van der Waals surface area contributed by atoms with Crippen LogP contribution in [0.5, 0.6) is 0 Å². The third-order valence-corrected chi connectivity index (χ3v) is 6.48. The summed E-state index contributed by atoms with van der Waals surface area (Å²) in [4.78, 5) is 27.7. The van der Waals surface area contributed by atoms with Gasteiger partial charge in [-0.25, -0.2) is 18.0 Å². The lowest BCUT2D eigenvalue weighted by Gasteiger charge is -2.39. The average molecular weight is 454 g/mol. The Morgan fingerprint density at radius 1 is 1.03 bits per heavy atom. The monoisotopic (exact) mass is 454 g/mol. The minimum absolute atomic E-state index is 0.240. The maximum Gasteiger partial charge on any atom is 0.327 e. The molecule has 3 aromatic carbocycles. The molecule has 2 unspecified atom stereocenters. The lowest BCUT2D eigenvalue weighted by molar-refractivity contribution is -0.166. The third-order valence-electron chi connectivity index (χ3n) is 6.48. The number of aliphatic carboxylic acids is 1. The van der Waals surface area contributed by atoms with E-state index in [9.17, 15) is 27.9 Å². The first kappa shape index (κ1) is 21.3. The highest BCUT2D eigenvalue weighted by atomic mass is 19.3. The number of benzene rings is 3. The Hall–Kier alpha value is -3.55. The van der Waals surface area contributed by atoms with Gasteiger partial charge in [-0.15, -0.1) is 0 Å². The summed E-state index contributed by atoms with van der Waals surface area (Å²) in [7, 11) is 0. The molecule has 0 bridgehead atoms. The number of fused-ring (bicyclic) bond motifs is 2. The predicted molar refractivity (Wildman–Crippen MR) is 117 cm³/mol. The number of carboxylic acids is 1. The van der Waals surface area contributed by atoms with Crippen molar-refractivity contribution in [3.63, 3.8) is 0 Å². The van der Waals surface area contributed by atoms with Gasteiger partial charge < -0.3 is 14.9 Å². The molecule has 2 atom stereocenters. The summed E-state index contributed by atoms with van der Waals surface area (Å²) in [6.07, 6.45) is -0.282. The van der Waals surface area contributed by atoms with Crippen LogP contribution in [0.25, 0.3) is 10.8 Å². The molecule has 0 aromatic heterocycles. The molecule has 0 aliphatic carbocycles. The average Bonchev–Trinajstić information content (AvgIpc) is 3.04. The molecule has 3 aromatic rings. The Kier molecular flexibility index (Phi) is 5.03.